The lowest BCUT2D eigenvalue weighted by Crippen LogP contribution is -2.46. The second-order valence-electron chi connectivity index (χ2n) is 16.1. The molecule has 0 aromatic heterocycles. The van der Waals surface area contributed by atoms with Crippen molar-refractivity contribution in [2.75, 3.05) is 6.61 Å². The first-order chi connectivity index (χ1) is 29.5. The number of esters is 1. The normalized spacial score (nSPS) is 14.2. The van der Waals surface area contributed by atoms with Crippen LogP contribution in [0, 0.1) is 0 Å². The molecule has 0 bridgehead atoms. The molecule has 1 amide bonds. The van der Waals surface area contributed by atoms with Crippen molar-refractivity contribution >= 4 is 11.9 Å². The number of carbonyl (C=O) groups is 2. The Hall–Kier alpha value is -3.22. The number of carbonyl (C=O) groups excluding carboxylic acids is 2. The number of allylic oxidation sites excluding steroid dienone is 15. The van der Waals surface area contributed by atoms with Gasteiger partial charge in [0.2, 0.25) is 5.91 Å². The van der Waals surface area contributed by atoms with E-state index in [9.17, 15) is 19.8 Å². The summed E-state index contributed by atoms with van der Waals surface area (Å²) in [7, 11) is 0. The predicted octanol–water partition coefficient (Wildman–Crippen LogP) is 14.6. The van der Waals surface area contributed by atoms with Gasteiger partial charge in [0.1, 0.15) is 6.10 Å². The SMILES string of the molecule is CC/C=C\C/C=C\C/C=C\C/C=C\C/C=C\C/C=C\C(CC(=O)NC(CO)C(O)CCCCCCCCCCCCC)OC(=O)CC/C=C/C/C=C\CCCCCCCC. The van der Waals surface area contributed by atoms with Gasteiger partial charge >= 0.3 is 5.97 Å². The Kier molecular flexibility index (Phi) is 44.3. The molecule has 0 aromatic rings. The highest BCUT2D eigenvalue weighted by Gasteiger charge is 2.23. The molecular formula is C54H91NO5. The summed E-state index contributed by atoms with van der Waals surface area (Å²) < 4.78 is 5.77. The fourth-order valence-electron chi connectivity index (χ4n) is 6.71. The monoisotopic (exact) mass is 834 g/mol. The fourth-order valence-corrected chi connectivity index (χ4v) is 6.71. The van der Waals surface area contributed by atoms with Gasteiger partial charge in [0.15, 0.2) is 0 Å². The van der Waals surface area contributed by atoms with Gasteiger partial charge in [-0.2, -0.15) is 0 Å². The second kappa shape index (κ2) is 46.8. The molecule has 0 aromatic carbocycles. The lowest BCUT2D eigenvalue weighted by atomic mass is 10.0. The number of aliphatic hydroxyl groups is 2. The van der Waals surface area contributed by atoms with Crippen molar-refractivity contribution in [1.29, 1.82) is 0 Å². The quantitative estimate of drug-likeness (QED) is 0.0323. The standard InChI is InChI=1S/C54H91NO5/c1-4-7-10-13-16-19-22-24-25-26-27-29-31-33-36-39-42-45-50(60-54(59)47-44-41-38-35-32-28-23-20-17-14-11-8-5-2)48-53(58)55-51(49-56)52(57)46-43-40-37-34-30-21-18-15-12-9-6-3/h7,10,16,19,24-25,27-29,32-33,36,38,41-42,45,50-52,56-57H,4-6,8-9,11-15,17-18,20-23,26,30-31,34-35,37,39-40,43-44,46-49H2,1-3H3,(H,55,58)/b10-7-,19-16-,25-24-,29-27-,32-28-,36-33-,41-38+,45-42-. The van der Waals surface area contributed by atoms with E-state index < -0.39 is 18.2 Å². The Bertz CT molecular complexity index is 1210. The van der Waals surface area contributed by atoms with Gasteiger partial charge < -0.3 is 20.3 Å². The van der Waals surface area contributed by atoms with E-state index in [4.69, 9.17) is 4.74 Å². The maximum absolute atomic E-state index is 13.1. The van der Waals surface area contributed by atoms with Gasteiger partial charge in [0.05, 0.1) is 25.2 Å². The van der Waals surface area contributed by atoms with Crippen LogP contribution in [0.4, 0.5) is 0 Å². The first kappa shape index (κ1) is 56.8. The van der Waals surface area contributed by atoms with Gasteiger partial charge in [-0.1, -0.05) is 215 Å². The smallest absolute Gasteiger partial charge is 0.306 e. The molecule has 0 aliphatic heterocycles. The predicted molar refractivity (Wildman–Crippen MR) is 259 cm³/mol. The number of unbranched alkanes of at least 4 members (excludes halogenated alkanes) is 16. The van der Waals surface area contributed by atoms with Crippen LogP contribution in [0.5, 0.6) is 0 Å². The summed E-state index contributed by atoms with van der Waals surface area (Å²) in [4.78, 5) is 26.0. The third-order valence-electron chi connectivity index (χ3n) is 10.4. The highest BCUT2D eigenvalue weighted by Crippen LogP contribution is 2.14. The van der Waals surface area contributed by atoms with Crippen LogP contribution in [0.3, 0.4) is 0 Å². The van der Waals surface area contributed by atoms with E-state index in [2.05, 4.69) is 105 Å². The van der Waals surface area contributed by atoms with E-state index in [1.807, 2.05) is 12.2 Å². The molecule has 0 saturated carbocycles. The first-order valence-electron chi connectivity index (χ1n) is 24.5. The molecule has 6 nitrogen and oxygen atoms in total. The van der Waals surface area contributed by atoms with Crippen LogP contribution in [0.15, 0.2) is 97.2 Å². The Morgan fingerprint density at radius 1 is 0.517 bits per heavy atom. The number of ether oxygens (including phenoxy) is 1. The van der Waals surface area contributed by atoms with Gasteiger partial charge in [-0.15, -0.1) is 0 Å². The van der Waals surface area contributed by atoms with Crippen LogP contribution in [-0.2, 0) is 14.3 Å². The third kappa shape index (κ3) is 41.5. The summed E-state index contributed by atoms with van der Waals surface area (Å²) in [5.74, 6) is -0.720. The molecule has 0 aliphatic rings. The molecule has 60 heavy (non-hydrogen) atoms. The van der Waals surface area contributed by atoms with E-state index in [1.165, 1.54) is 89.9 Å². The van der Waals surface area contributed by atoms with Crippen molar-refractivity contribution in [3.8, 4) is 0 Å². The highest BCUT2D eigenvalue weighted by atomic mass is 16.5. The zero-order valence-corrected chi connectivity index (χ0v) is 38.8. The van der Waals surface area contributed by atoms with E-state index in [1.54, 1.807) is 6.08 Å². The number of nitrogens with one attached hydrogen (secondary N) is 1. The van der Waals surface area contributed by atoms with Crippen LogP contribution < -0.4 is 5.32 Å². The summed E-state index contributed by atoms with van der Waals surface area (Å²) in [6.07, 6.45) is 62.2. The number of amides is 1. The Balaban J connectivity index is 4.89. The first-order valence-corrected chi connectivity index (χ1v) is 24.5. The molecule has 342 valence electrons. The van der Waals surface area contributed by atoms with Gasteiger partial charge in [-0.25, -0.2) is 0 Å². The molecule has 0 rings (SSSR count). The van der Waals surface area contributed by atoms with Gasteiger partial charge in [0.25, 0.3) is 0 Å². The largest absolute Gasteiger partial charge is 0.458 e. The third-order valence-corrected chi connectivity index (χ3v) is 10.4. The van der Waals surface area contributed by atoms with E-state index >= 15 is 0 Å². The number of hydrogen-bond donors (Lipinski definition) is 3. The minimum absolute atomic E-state index is 0.0746. The number of rotatable bonds is 42. The van der Waals surface area contributed by atoms with Crippen molar-refractivity contribution in [3.63, 3.8) is 0 Å². The van der Waals surface area contributed by atoms with Crippen LogP contribution in [0.1, 0.15) is 207 Å². The summed E-state index contributed by atoms with van der Waals surface area (Å²) in [6, 6.07) is -0.757. The summed E-state index contributed by atoms with van der Waals surface area (Å²) in [6.45, 7) is 6.28. The van der Waals surface area contributed by atoms with Crippen molar-refractivity contribution in [2.24, 2.45) is 0 Å². The van der Waals surface area contributed by atoms with Crippen molar-refractivity contribution in [1.82, 2.24) is 5.32 Å². The van der Waals surface area contributed by atoms with Gasteiger partial charge in [-0.3, -0.25) is 9.59 Å². The molecule has 0 fully saturated rings. The molecule has 3 N–H and O–H groups in total. The molecule has 0 aliphatic carbocycles. The molecule has 0 radical (unpaired) electrons. The Morgan fingerprint density at radius 3 is 1.42 bits per heavy atom. The fraction of sp³-hybridized carbons (Fsp3) is 0.667. The Labute approximate surface area is 369 Å². The molecular weight excluding hydrogens is 743 g/mol. The minimum atomic E-state index is -0.832. The average molecular weight is 834 g/mol. The maximum atomic E-state index is 13.1. The van der Waals surface area contributed by atoms with Gasteiger partial charge in [0, 0.05) is 6.42 Å². The van der Waals surface area contributed by atoms with Crippen molar-refractivity contribution in [2.45, 2.75) is 225 Å². The van der Waals surface area contributed by atoms with E-state index in [0.29, 0.717) is 19.3 Å². The average Bonchev–Trinajstić information content (AvgIpc) is 3.24. The van der Waals surface area contributed by atoms with Crippen molar-refractivity contribution in [3.05, 3.63) is 97.2 Å². The molecule has 6 heteroatoms. The number of hydrogen-bond acceptors (Lipinski definition) is 5. The number of aliphatic hydroxyl groups excluding tert-OH is 2. The van der Waals surface area contributed by atoms with Gasteiger partial charge in [-0.05, 0) is 76.7 Å². The summed E-state index contributed by atoms with van der Waals surface area (Å²) in [5, 5.41) is 23.6. The molecule has 3 atom stereocenters. The van der Waals surface area contributed by atoms with Crippen molar-refractivity contribution < 1.29 is 24.5 Å². The van der Waals surface area contributed by atoms with E-state index in [0.717, 1.165) is 64.2 Å². The molecule has 3 unspecified atom stereocenters. The summed E-state index contributed by atoms with van der Waals surface area (Å²) >= 11 is 0. The van der Waals surface area contributed by atoms with Crippen LogP contribution in [0.25, 0.3) is 0 Å². The lowest BCUT2D eigenvalue weighted by Gasteiger charge is -2.23. The van der Waals surface area contributed by atoms with E-state index in [-0.39, 0.29) is 31.3 Å². The van der Waals surface area contributed by atoms with Crippen LogP contribution >= 0.6 is 0 Å². The zero-order valence-electron chi connectivity index (χ0n) is 38.8. The Morgan fingerprint density at radius 2 is 0.933 bits per heavy atom. The topological polar surface area (TPSA) is 95.9 Å². The van der Waals surface area contributed by atoms with Crippen LogP contribution in [0.2, 0.25) is 0 Å². The minimum Gasteiger partial charge on any atom is -0.458 e. The lowest BCUT2D eigenvalue weighted by molar-refractivity contribution is -0.148. The maximum Gasteiger partial charge on any atom is 0.306 e. The zero-order chi connectivity index (χ0) is 43.8. The summed E-state index contributed by atoms with van der Waals surface area (Å²) in [5.41, 5.74) is 0. The second-order valence-corrected chi connectivity index (χ2v) is 16.1. The molecule has 0 spiro atoms. The highest BCUT2D eigenvalue weighted by molar-refractivity contribution is 5.78. The molecule has 0 heterocycles. The van der Waals surface area contributed by atoms with Crippen LogP contribution in [-0.4, -0.2) is 46.9 Å². The molecule has 0 saturated heterocycles.